The maximum atomic E-state index is 3.50. The number of hydrogen-bond acceptors (Lipinski definition) is 1. The lowest BCUT2D eigenvalue weighted by Crippen LogP contribution is -2.48. The predicted octanol–water partition coefficient (Wildman–Crippen LogP) is 3.37. The number of benzene rings is 1. The lowest BCUT2D eigenvalue weighted by molar-refractivity contribution is 0.174. The quantitative estimate of drug-likeness (QED) is 0.853. The number of halogens is 1. The van der Waals surface area contributed by atoms with Crippen LogP contribution in [0.3, 0.4) is 0 Å². The van der Waals surface area contributed by atoms with Crippen LogP contribution in [0, 0.1) is 11.8 Å². The minimum atomic E-state index is 0.572. The Kier molecular flexibility index (Phi) is 2.93. The largest absolute Gasteiger partial charge is 0.309 e. The second kappa shape index (κ2) is 4.03. The van der Waals surface area contributed by atoms with Gasteiger partial charge in [-0.1, -0.05) is 41.9 Å². The van der Waals surface area contributed by atoms with E-state index in [1.807, 2.05) is 0 Å². The van der Waals surface area contributed by atoms with Gasteiger partial charge in [0, 0.05) is 17.1 Å². The molecule has 2 atom stereocenters. The predicted molar refractivity (Wildman–Crippen MR) is 63.2 cm³/mol. The summed E-state index contributed by atoms with van der Waals surface area (Å²) >= 11 is 3.46. The summed E-state index contributed by atoms with van der Waals surface area (Å²) in [6.45, 7) is 5.77. The van der Waals surface area contributed by atoms with E-state index in [0.29, 0.717) is 6.04 Å². The first-order valence-electron chi connectivity index (χ1n) is 5.17. The highest BCUT2D eigenvalue weighted by atomic mass is 79.9. The average Bonchev–Trinajstić information content (AvgIpc) is 2.05. The molecule has 0 spiro atoms. The van der Waals surface area contributed by atoms with Crippen LogP contribution in [0.2, 0.25) is 0 Å². The van der Waals surface area contributed by atoms with E-state index in [4.69, 9.17) is 0 Å². The minimum Gasteiger partial charge on any atom is -0.309 e. The molecule has 2 unspecified atom stereocenters. The topological polar surface area (TPSA) is 12.0 Å². The van der Waals surface area contributed by atoms with Gasteiger partial charge >= 0.3 is 0 Å². The highest BCUT2D eigenvalue weighted by molar-refractivity contribution is 9.10. The molecule has 0 aliphatic carbocycles. The zero-order valence-electron chi connectivity index (χ0n) is 8.63. The molecule has 1 aliphatic rings. The van der Waals surface area contributed by atoms with E-state index >= 15 is 0 Å². The summed E-state index contributed by atoms with van der Waals surface area (Å²) < 4.78 is 1.15. The number of hydrogen-bond donors (Lipinski definition) is 1. The van der Waals surface area contributed by atoms with E-state index in [-0.39, 0.29) is 0 Å². The molecule has 1 nitrogen and oxygen atoms in total. The molecule has 14 heavy (non-hydrogen) atoms. The van der Waals surface area contributed by atoms with Crippen LogP contribution in [0.5, 0.6) is 0 Å². The molecule has 1 heterocycles. The summed E-state index contributed by atoms with van der Waals surface area (Å²) in [4.78, 5) is 0. The molecule has 0 aromatic heterocycles. The second-order valence-electron chi connectivity index (χ2n) is 4.35. The van der Waals surface area contributed by atoms with Crippen LogP contribution in [0.1, 0.15) is 25.5 Å². The van der Waals surface area contributed by atoms with Gasteiger partial charge in [-0.25, -0.2) is 0 Å². The molecule has 76 valence electrons. The third-order valence-corrected chi connectivity index (χ3v) is 3.62. The summed E-state index contributed by atoms with van der Waals surface area (Å²) in [5.74, 6) is 1.57. The van der Waals surface area contributed by atoms with Gasteiger partial charge in [0.15, 0.2) is 0 Å². The zero-order valence-corrected chi connectivity index (χ0v) is 10.2. The summed E-state index contributed by atoms with van der Waals surface area (Å²) in [5, 5.41) is 3.50. The third kappa shape index (κ3) is 1.86. The van der Waals surface area contributed by atoms with Crippen LogP contribution < -0.4 is 5.32 Å². The van der Waals surface area contributed by atoms with E-state index in [2.05, 4.69) is 59.4 Å². The van der Waals surface area contributed by atoms with Gasteiger partial charge in [-0.05, 0) is 29.5 Å². The maximum absolute atomic E-state index is 3.50. The van der Waals surface area contributed by atoms with Crippen LogP contribution in [-0.4, -0.2) is 6.54 Å². The van der Waals surface area contributed by atoms with Crippen molar-refractivity contribution in [2.75, 3.05) is 6.54 Å². The van der Waals surface area contributed by atoms with E-state index in [1.54, 1.807) is 0 Å². The molecule has 2 rings (SSSR count). The van der Waals surface area contributed by atoms with Crippen LogP contribution >= 0.6 is 15.9 Å². The van der Waals surface area contributed by atoms with Gasteiger partial charge in [-0.2, -0.15) is 0 Å². The standard InChI is InChI=1S/C12H16BrN/c1-8(2)11-7-14-12(11)9-3-5-10(13)6-4-9/h3-6,8,11-12,14H,7H2,1-2H3. The van der Waals surface area contributed by atoms with Gasteiger partial charge in [0.25, 0.3) is 0 Å². The van der Waals surface area contributed by atoms with Gasteiger partial charge in [0.1, 0.15) is 0 Å². The number of rotatable bonds is 2. The first-order chi connectivity index (χ1) is 6.68. The Morgan fingerprint density at radius 1 is 1.29 bits per heavy atom. The first-order valence-corrected chi connectivity index (χ1v) is 5.96. The van der Waals surface area contributed by atoms with Crippen LogP contribution in [-0.2, 0) is 0 Å². The lowest BCUT2D eigenvalue weighted by Gasteiger charge is -2.41. The van der Waals surface area contributed by atoms with Crippen molar-refractivity contribution in [3.05, 3.63) is 34.3 Å². The van der Waals surface area contributed by atoms with E-state index in [1.165, 1.54) is 12.1 Å². The molecule has 0 amide bonds. The molecular formula is C12H16BrN. The van der Waals surface area contributed by atoms with Gasteiger partial charge in [-0.3, -0.25) is 0 Å². The van der Waals surface area contributed by atoms with E-state index in [9.17, 15) is 0 Å². The van der Waals surface area contributed by atoms with Gasteiger partial charge in [-0.15, -0.1) is 0 Å². The van der Waals surface area contributed by atoms with Gasteiger partial charge in [0.2, 0.25) is 0 Å². The molecule has 0 bridgehead atoms. The van der Waals surface area contributed by atoms with Crippen molar-refractivity contribution in [2.45, 2.75) is 19.9 Å². The summed E-state index contributed by atoms with van der Waals surface area (Å²) in [5.41, 5.74) is 1.41. The van der Waals surface area contributed by atoms with Crippen molar-refractivity contribution in [1.29, 1.82) is 0 Å². The molecule has 1 saturated heterocycles. The lowest BCUT2D eigenvalue weighted by atomic mass is 9.79. The van der Waals surface area contributed by atoms with Crippen molar-refractivity contribution in [2.24, 2.45) is 11.8 Å². The molecule has 1 fully saturated rings. The fourth-order valence-corrected chi connectivity index (χ4v) is 2.29. The summed E-state index contributed by atoms with van der Waals surface area (Å²) in [7, 11) is 0. The van der Waals surface area contributed by atoms with Crippen molar-refractivity contribution < 1.29 is 0 Å². The van der Waals surface area contributed by atoms with E-state index < -0.39 is 0 Å². The van der Waals surface area contributed by atoms with E-state index in [0.717, 1.165) is 16.3 Å². The Hall–Kier alpha value is -0.340. The fourth-order valence-electron chi connectivity index (χ4n) is 2.03. The second-order valence-corrected chi connectivity index (χ2v) is 5.26. The normalized spacial score (nSPS) is 26.3. The molecular weight excluding hydrogens is 238 g/mol. The Morgan fingerprint density at radius 2 is 1.93 bits per heavy atom. The highest BCUT2D eigenvalue weighted by Gasteiger charge is 2.33. The van der Waals surface area contributed by atoms with Crippen LogP contribution in [0.4, 0.5) is 0 Å². The van der Waals surface area contributed by atoms with Crippen molar-refractivity contribution >= 4 is 15.9 Å². The third-order valence-electron chi connectivity index (χ3n) is 3.09. The Bertz CT molecular complexity index is 305. The van der Waals surface area contributed by atoms with Gasteiger partial charge in [0.05, 0.1) is 0 Å². The Morgan fingerprint density at radius 3 is 2.36 bits per heavy atom. The van der Waals surface area contributed by atoms with Crippen molar-refractivity contribution in [3.63, 3.8) is 0 Å². The molecule has 1 aromatic carbocycles. The summed E-state index contributed by atoms with van der Waals surface area (Å²) in [6, 6.07) is 9.22. The molecule has 0 saturated carbocycles. The number of nitrogens with one attached hydrogen (secondary N) is 1. The monoisotopic (exact) mass is 253 g/mol. The van der Waals surface area contributed by atoms with Gasteiger partial charge < -0.3 is 5.32 Å². The first kappa shape index (κ1) is 10.2. The maximum Gasteiger partial charge on any atom is 0.0363 e. The Labute approximate surface area is 94.0 Å². The van der Waals surface area contributed by atoms with Crippen LogP contribution in [0.25, 0.3) is 0 Å². The zero-order chi connectivity index (χ0) is 10.1. The van der Waals surface area contributed by atoms with Crippen molar-refractivity contribution in [3.8, 4) is 0 Å². The molecule has 1 aromatic rings. The summed E-state index contributed by atoms with van der Waals surface area (Å²) in [6.07, 6.45) is 0. The van der Waals surface area contributed by atoms with Crippen molar-refractivity contribution in [1.82, 2.24) is 5.32 Å². The minimum absolute atomic E-state index is 0.572. The molecule has 2 heteroatoms. The Balaban J connectivity index is 2.12. The fraction of sp³-hybridized carbons (Fsp3) is 0.500. The van der Waals surface area contributed by atoms with Crippen LogP contribution in [0.15, 0.2) is 28.7 Å². The highest BCUT2D eigenvalue weighted by Crippen LogP contribution is 2.34. The molecule has 1 N–H and O–H groups in total. The molecule has 1 aliphatic heterocycles. The smallest absolute Gasteiger partial charge is 0.0363 e. The SMILES string of the molecule is CC(C)C1CNC1c1ccc(Br)cc1. The average molecular weight is 254 g/mol. The molecule has 0 radical (unpaired) electrons.